The van der Waals surface area contributed by atoms with E-state index in [4.69, 9.17) is 4.74 Å². The Morgan fingerprint density at radius 3 is 2.59 bits per heavy atom. The highest BCUT2D eigenvalue weighted by Gasteiger charge is 2.16. The molecule has 1 heterocycles. The first-order chi connectivity index (χ1) is 10.7. The minimum absolute atomic E-state index is 0.479. The van der Waals surface area contributed by atoms with Crippen LogP contribution >= 0.6 is 0 Å². The van der Waals surface area contributed by atoms with Crippen molar-refractivity contribution in [3.63, 3.8) is 0 Å². The Kier molecular flexibility index (Phi) is 5.99. The molecule has 0 saturated carbocycles. The maximum absolute atomic E-state index is 5.63. The van der Waals surface area contributed by atoms with Gasteiger partial charge in [-0.05, 0) is 62.3 Å². The summed E-state index contributed by atoms with van der Waals surface area (Å²) in [5, 5.41) is 8.43. The second kappa shape index (κ2) is 7.97. The lowest BCUT2D eigenvalue weighted by Gasteiger charge is -2.19. The first kappa shape index (κ1) is 16.5. The largest absolute Gasteiger partial charge is 0.494 e. The number of hydrogen-bond donors (Lipinski definition) is 0. The molecule has 4 nitrogen and oxygen atoms in total. The lowest BCUT2D eigenvalue weighted by molar-refractivity contribution is 0.339. The molecule has 2 aromatic rings. The lowest BCUT2D eigenvalue weighted by Crippen LogP contribution is -2.06. The van der Waals surface area contributed by atoms with E-state index in [1.54, 1.807) is 0 Å². The first-order valence-electron chi connectivity index (χ1n) is 8.36. The number of ether oxygens (including phenoxy) is 1. The molecule has 4 heteroatoms. The average Bonchev–Trinajstić information content (AvgIpc) is 3.00. The first-order valence-corrected chi connectivity index (χ1v) is 8.36. The molecule has 0 aliphatic carbocycles. The van der Waals surface area contributed by atoms with E-state index in [-0.39, 0.29) is 0 Å². The van der Waals surface area contributed by atoms with Crippen molar-refractivity contribution in [3.8, 4) is 5.75 Å². The lowest BCUT2D eigenvalue weighted by atomic mass is 9.87. The SMILES string of the molecule is CCOc1ccc(C(CC)Cc2cn(CC)nn2)c(CC)c1. The average molecular weight is 301 g/mol. The zero-order chi connectivity index (χ0) is 15.9. The molecular formula is C18H27N3O. The fourth-order valence-corrected chi connectivity index (χ4v) is 2.86. The Hall–Kier alpha value is -1.84. The van der Waals surface area contributed by atoms with Gasteiger partial charge in [0.1, 0.15) is 5.75 Å². The number of aromatic nitrogens is 3. The predicted molar refractivity (Wildman–Crippen MR) is 89.4 cm³/mol. The summed E-state index contributed by atoms with van der Waals surface area (Å²) in [6.07, 6.45) is 5.12. The van der Waals surface area contributed by atoms with Gasteiger partial charge in [0.2, 0.25) is 0 Å². The number of aryl methyl sites for hydroxylation is 2. The summed E-state index contributed by atoms with van der Waals surface area (Å²) in [4.78, 5) is 0. The molecule has 1 aromatic carbocycles. The molecule has 1 atom stereocenters. The minimum Gasteiger partial charge on any atom is -0.494 e. The van der Waals surface area contributed by atoms with E-state index in [1.165, 1.54) is 11.1 Å². The zero-order valence-corrected chi connectivity index (χ0v) is 14.2. The third-order valence-electron chi connectivity index (χ3n) is 4.10. The molecule has 0 spiro atoms. The Bertz CT molecular complexity index is 592. The maximum atomic E-state index is 5.63. The van der Waals surface area contributed by atoms with E-state index in [2.05, 4.69) is 55.5 Å². The van der Waals surface area contributed by atoms with Crippen molar-refractivity contribution < 1.29 is 4.74 Å². The molecule has 0 aliphatic heterocycles. The molecule has 2 rings (SSSR count). The van der Waals surface area contributed by atoms with E-state index in [9.17, 15) is 0 Å². The highest BCUT2D eigenvalue weighted by Crippen LogP contribution is 2.29. The maximum Gasteiger partial charge on any atom is 0.119 e. The van der Waals surface area contributed by atoms with E-state index in [0.717, 1.165) is 37.3 Å². The molecule has 120 valence electrons. The molecule has 1 aromatic heterocycles. The van der Waals surface area contributed by atoms with Gasteiger partial charge in [-0.25, -0.2) is 0 Å². The fraction of sp³-hybridized carbons (Fsp3) is 0.556. The van der Waals surface area contributed by atoms with E-state index in [1.807, 2.05) is 11.6 Å². The normalized spacial score (nSPS) is 12.4. The summed E-state index contributed by atoms with van der Waals surface area (Å²) in [6.45, 7) is 10.1. The molecule has 0 aliphatic rings. The fourth-order valence-electron chi connectivity index (χ4n) is 2.86. The van der Waals surface area contributed by atoms with Crippen molar-refractivity contribution in [2.75, 3.05) is 6.61 Å². The monoisotopic (exact) mass is 301 g/mol. The second-order valence-electron chi connectivity index (χ2n) is 5.52. The van der Waals surface area contributed by atoms with Crippen molar-refractivity contribution in [1.29, 1.82) is 0 Å². The van der Waals surface area contributed by atoms with Crippen LogP contribution in [0.15, 0.2) is 24.4 Å². The smallest absolute Gasteiger partial charge is 0.119 e. The van der Waals surface area contributed by atoms with Gasteiger partial charge >= 0.3 is 0 Å². The Labute approximate surface area is 133 Å². The molecule has 1 unspecified atom stereocenters. The van der Waals surface area contributed by atoms with Crippen LogP contribution < -0.4 is 4.74 Å². The number of benzene rings is 1. The van der Waals surface area contributed by atoms with Crippen LogP contribution in [0.3, 0.4) is 0 Å². The molecule has 22 heavy (non-hydrogen) atoms. The van der Waals surface area contributed by atoms with Gasteiger partial charge in [-0.2, -0.15) is 0 Å². The van der Waals surface area contributed by atoms with Crippen LogP contribution in [-0.2, 0) is 19.4 Å². The molecule has 0 fully saturated rings. The third-order valence-corrected chi connectivity index (χ3v) is 4.10. The van der Waals surface area contributed by atoms with Crippen LogP contribution in [0.2, 0.25) is 0 Å². The highest BCUT2D eigenvalue weighted by atomic mass is 16.5. The van der Waals surface area contributed by atoms with Crippen molar-refractivity contribution in [2.45, 2.75) is 59.4 Å². The van der Waals surface area contributed by atoms with Crippen LogP contribution in [0.25, 0.3) is 0 Å². The Balaban J connectivity index is 2.22. The van der Waals surface area contributed by atoms with Gasteiger partial charge in [-0.1, -0.05) is 25.1 Å². The highest BCUT2D eigenvalue weighted by molar-refractivity contribution is 5.38. The van der Waals surface area contributed by atoms with Gasteiger partial charge in [0.15, 0.2) is 0 Å². The van der Waals surface area contributed by atoms with Gasteiger partial charge in [0.25, 0.3) is 0 Å². The summed E-state index contributed by atoms with van der Waals surface area (Å²) in [6, 6.07) is 6.50. The van der Waals surface area contributed by atoms with Crippen molar-refractivity contribution in [3.05, 3.63) is 41.2 Å². The van der Waals surface area contributed by atoms with Crippen LogP contribution in [0.1, 0.15) is 56.9 Å². The number of nitrogens with zero attached hydrogens (tertiary/aromatic N) is 3. The predicted octanol–water partition coefficient (Wildman–Crippen LogP) is 4.00. The molecule has 0 N–H and O–H groups in total. The zero-order valence-electron chi connectivity index (χ0n) is 14.2. The second-order valence-corrected chi connectivity index (χ2v) is 5.52. The van der Waals surface area contributed by atoms with Crippen molar-refractivity contribution in [1.82, 2.24) is 15.0 Å². The van der Waals surface area contributed by atoms with Gasteiger partial charge < -0.3 is 4.74 Å². The molecule has 0 bridgehead atoms. The van der Waals surface area contributed by atoms with Crippen LogP contribution in [0, 0.1) is 0 Å². The van der Waals surface area contributed by atoms with Gasteiger partial charge in [0.05, 0.1) is 12.3 Å². The van der Waals surface area contributed by atoms with Gasteiger partial charge in [-0.15, -0.1) is 5.10 Å². The van der Waals surface area contributed by atoms with Crippen LogP contribution in [0.5, 0.6) is 5.75 Å². The third kappa shape index (κ3) is 3.87. The summed E-state index contributed by atoms with van der Waals surface area (Å²) in [5.41, 5.74) is 3.87. The number of hydrogen-bond acceptors (Lipinski definition) is 3. The van der Waals surface area contributed by atoms with E-state index < -0.39 is 0 Å². The molecule has 0 saturated heterocycles. The summed E-state index contributed by atoms with van der Waals surface area (Å²) < 4.78 is 7.52. The molecule has 0 radical (unpaired) electrons. The van der Waals surface area contributed by atoms with E-state index in [0.29, 0.717) is 12.5 Å². The molecule has 0 amide bonds. The Morgan fingerprint density at radius 2 is 2.00 bits per heavy atom. The number of rotatable bonds is 8. The topological polar surface area (TPSA) is 39.9 Å². The Morgan fingerprint density at radius 1 is 1.18 bits per heavy atom. The van der Waals surface area contributed by atoms with Crippen molar-refractivity contribution in [2.24, 2.45) is 0 Å². The standard InChI is InChI=1S/C18H27N3O/c1-5-14(11-16-13-21(7-3)20-19-16)18-10-9-17(22-8-4)12-15(18)6-2/h9-10,12-14H,5-8,11H2,1-4H3. The van der Waals surface area contributed by atoms with Crippen LogP contribution in [0.4, 0.5) is 0 Å². The quantitative estimate of drug-likeness (QED) is 0.740. The van der Waals surface area contributed by atoms with E-state index >= 15 is 0 Å². The minimum atomic E-state index is 0.479. The van der Waals surface area contributed by atoms with Crippen LogP contribution in [-0.4, -0.2) is 21.6 Å². The van der Waals surface area contributed by atoms with Crippen molar-refractivity contribution >= 4 is 0 Å². The summed E-state index contributed by atoms with van der Waals surface area (Å²) >= 11 is 0. The van der Waals surface area contributed by atoms with Gasteiger partial charge in [0, 0.05) is 12.7 Å². The molecular weight excluding hydrogens is 274 g/mol. The summed E-state index contributed by atoms with van der Waals surface area (Å²) in [5.74, 6) is 1.45. The summed E-state index contributed by atoms with van der Waals surface area (Å²) in [7, 11) is 0. The van der Waals surface area contributed by atoms with Gasteiger partial charge in [-0.3, -0.25) is 4.68 Å².